The number of aromatic nitrogens is 3. The van der Waals surface area contributed by atoms with Crippen LogP contribution >= 0.6 is 11.3 Å². The van der Waals surface area contributed by atoms with Crippen molar-refractivity contribution in [1.82, 2.24) is 14.5 Å². The largest absolute Gasteiger partial charge is 0.292 e. The van der Waals surface area contributed by atoms with Gasteiger partial charge in [-0.15, -0.1) is 11.3 Å². The van der Waals surface area contributed by atoms with Crippen molar-refractivity contribution in [2.45, 2.75) is 0 Å². The molecule has 6 aromatic carbocycles. The Bertz CT molecular complexity index is 2470. The van der Waals surface area contributed by atoms with Gasteiger partial charge in [0, 0.05) is 54.6 Å². The third-order valence-electron chi connectivity index (χ3n) is 8.27. The van der Waals surface area contributed by atoms with Crippen LogP contribution in [-0.4, -0.2) is 14.5 Å². The third-order valence-corrected chi connectivity index (χ3v) is 9.49. The number of pyridine rings is 1. The van der Waals surface area contributed by atoms with E-state index in [2.05, 4.69) is 131 Å². The minimum atomic E-state index is 0.886. The maximum Gasteiger partial charge on any atom is 0.147 e. The zero-order valence-corrected chi connectivity index (χ0v) is 23.3. The average molecular weight is 554 g/mol. The molecule has 0 radical (unpaired) electrons. The van der Waals surface area contributed by atoms with Crippen LogP contribution in [0.15, 0.2) is 140 Å². The Morgan fingerprint density at radius 1 is 0.548 bits per heavy atom. The molecule has 0 fully saturated rings. The number of thiophene rings is 1. The molecule has 4 heteroatoms. The van der Waals surface area contributed by atoms with Crippen molar-refractivity contribution in [1.29, 1.82) is 0 Å². The molecule has 42 heavy (non-hydrogen) atoms. The van der Waals surface area contributed by atoms with E-state index in [4.69, 9.17) is 4.98 Å². The first-order valence-corrected chi connectivity index (χ1v) is 14.9. The van der Waals surface area contributed by atoms with Gasteiger partial charge in [0.05, 0.1) is 11.0 Å². The lowest BCUT2D eigenvalue weighted by Crippen LogP contribution is -1.99. The Morgan fingerprint density at radius 2 is 1.24 bits per heavy atom. The summed E-state index contributed by atoms with van der Waals surface area (Å²) in [5, 5.41) is 7.40. The van der Waals surface area contributed by atoms with Crippen LogP contribution in [0.4, 0.5) is 0 Å². The summed E-state index contributed by atoms with van der Waals surface area (Å²) in [5.41, 5.74) is 6.61. The minimum Gasteiger partial charge on any atom is -0.292 e. The molecular formula is C38H23N3S. The molecule has 3 heterocycles. The molecule has 3 aromatic heterocycles. The van der Waals surface area contributed by atoms with Crippen LogP contribution in [0.2, 0.25) is 0 Å². The van der Waals surface area contributed by atoms with Crippen LogP contribution in [0.3, 0.4) is 0 Å². The fourth-order valence-corrected chi connectivity index (χ4v) is 7.67. The van der Waals surface area contributed by atoms with E-state index in [9.17, 15) is 0 Å². The number of hydrogen-bond donors (Lipinski definition) is 0. The van der Waals surface area contributed by atoms with Crippen molar-refractivity contribution < 1.29 is 0 Å². The molecule has 9 aromatic rings. The van der Waals surface area contributed by atoms with Gasteiger partial charge in [-0.25, -0.2) is 4.98 Å². The molecule has 0 N–H and O–H groups in total. The van der Waals surface area contributed by atoms with Gasteiger partial charge in [-0.3, -0.25) is 9.55 Å². The predicted octanol–water partition coefficient (Wildman–Crippen LogP) is 10.4. The lowest BCUT2D eigenvalue weighted by molar-refractivity contribution is 1.10. The Balaban J connectivity index is 1.38. The molecule has 3 nitrogen and oxygen atoms in total. The normalized spacial score (nSPS) is 11.8. The molecule has 0 aliphatic heterocycles. The Labute approximate surface area is 246 Å². The molecule has 0 atom stereocenters. The van der Waals surface area contributed by atoms with Crippen LogP contribution in [-0.2, 0) is 0 Å². The van der Waals surface area contributed by atoms with Gasteiger partial charge in [0.1, 0.15) is 5.82 Å². The standard InChI is InChI=1S/C38H23N3S/c1-3-16-31-28(13-1)29-14-2-4-17-32(29)36-35(31)40-38(25-11-9-21-39-23-25)41(36)26-12-7-10-24(22-26)27-18-8-19-33-30-15-5-6-20-34(30)42-37(27)33/h1-23H. The Hall–Kier alpha value is -5.32. The summed E-state index contributed by atoms with van der Waals surface area (Å²) in [5.74, 6) is 0.886. The topological polar surface area (TPSA) is 30.7 Å². The van der Waals surface area contributed by atoms with E-state index in [1.807, 2.05) is 29.8 Å². The molecule has 0 aliphatic carbocycles. The number of benzene rings is 6. The van der Waals surface area contributed by atoms with Gasteiger partial charge in [-0.05, 0) is 52.2 Å². The lowest BCUT2D eigenvalue weighted by atomic mass is 9.99. The summed E-state index contributed by atoms with van der Waals surface area (Å²) in [6.07, 6.45) is 3.72. The highest BCUT2D eigenvalue weighted by atomic mass is 32.1. The van der Waals surface area contributed by atoms with Gasteiger partial charge in [-0.1, -0.05) is 97.1 Å². The van der Waals surface area contributed by atoms with Gasteiger partial charge >= 0.3 is 0 Å². The molecule has 9 rings (SSSR count). The van der Waals surface area contributed by atoms with Crippen molar-refractivity contribution in [3.8, 4) is 28.2 Å². The summed E-state index contributed by atoms with van der Waals surface area (Å²) in [6.45, 7) is 0. The fourth-order valence-electron chi connectivity index (χ4n) is 6.43. The highest BCUT2D eigenvalue weighted by Crippen LogP contribution is 2.42. The maximum atomic E-state index is 5.34. The number of imidazole rings is 1. The summed E-state index contributed by atoms with van der Waals surface area (Å²) < 4.78 is 4.96. The van der Waals surface area contributed by atoms with Crippen molar-refractivity contribution in [2.24, 2.45) is 0 Å². The highest BCUT2D eigenvalue weighted by molar-refractivity contribution is 7.26. The second-order valence-electron chi connectivity index (χ2n) is 10.6. The Kier molecular flexibility index (Phi) is 5.07. The number of hydrogen-bond acceptors (Lipinski definition) is 3. The summed E-state index contributed by atoms with van der Waals surface area (Å²) in [4.78, 5) is 9.80. The van der Waals surface area contributed by atoms with Crippen molar-refractivity contribution in [2.75, 3.05) is 0 Å². The Morgan fingerprint density at radius 3 is 2.07 bits per heavy atom. The summed E-state index contributed by atoms with van der Waals surface area (Å²) in [7, 11) is 0. The number of nitrogens with zero attached hydrogens (tertiary/aromatic N) is 3. The number of fused-ring (bicyclic) bond motifs is 9. The van der Waals surface area contributed by atoms with Crippen LogP contribution in [0, 0.1) is 0 Å². The first kappa shape index (κ1) is 23.4. The summed E-state index contributed by atoms with van der Waals surface area (Å²) >= 11 is 1.86. The lowest BCUT2D eigenvalue weighted by Gasteiger charge is -2.14. The molecule has 0 saturated carbocycles. The van der Waals surface area contributed by atoms with Gasteiger partial charge in [0.25, 0.3) is 0 Å². The molecule has 196 valence electrons. The third kappa shape index (κ3) is 3.39. The second-order valence-corrected chi connectivity index (χ2v) is 11.7. The predicted molar refractivity (Wildman–Crippen MR) is 178 cm³/mol. The van der Waals surface area contributed by atoms with E-state index >= 15 is 0 Å². The number of rotatable bonds is 3. The van der Waals surface area contributed by atoms with E-state index in [0.717, 1.165) is 33.5 Å². The molecular weight excluding hydrogens is 531 g/mol. The molecule has 0 bridgehead atoms. The van der Waals surface area contributed by atoms with Crippen LogP contribution < -0.4 is 0 Å². The molecule has 0 saturated heterocycles. The fraction of sp³-hybridized carbons (Fsp3) is 0. The second kappa shape index (κ2) is 9.10. The first-order chi connectivity index (χ1) is 20.8. The monoisotopic (exact) mass is 553 g/mol. The van der Waals surface area contributed by atoms with E-state index in [1.165, 1.54) is 47.5 Å². The van der Waals surface area contributed by atoms with E-state index in [-0.39, 0.29) is 0 Å². The molecule has 0 aliphatic rings. The van der Waals surface area contributed by atoms with Gasteiger partial charge in [0.15, 0.2) is 0 Å². The van der Waals surface area contributed by atoms with Crippen LogP contribution in [0.25, 0.3) is 81.0 Å². The molecule has 0 unspecified atom stereocenters. The minimum absolute atomic E-state index is 0.886. The SMILES string of the molecule is c1cncc(-c2nc3c4ccccc4c4ccccc4c3n2-c2cccc(-c3cccc4c3sc3ccccc34)c2)c1. The van der Waals surface area contributed by atoms with Crippen LogP contribution in [0.1, 0.15) is 0 Å². The van der Waals surface area contributed by atoms with Crippen molar-refractivity contribution >= 4 is 64.1 Å². The van der Waals surface area contributed by atoms with Gasteiger partial charge in [-0.2, -0.15) is 0 Å². The van der Waals surface area contributed by atoms with Crippen molar-refractivity contribution in [3.05, 3.63) is 140 Å². The van der Waals surface area contributed by atoms with Gasteiger partial charge in [0.2, 0.25) is 0 Å². The summed E-state index contributed by atoms with van der Waals surface area (Å²) in [6, 6.07) is 45.6. The van der Waals surface area contributed by atoms with Crippen LogP contribution in [0.5, 0.6) is 0 Å². The maximum absolute atomic E-state index is 5.34. The average Bonchev–Trinajstić information content (AvgIpc) is 3.65. The highest BCUT2D eigenvalue weighted by Gasteiger charge is 2.20. The van der Waals surface area contributed by atoms with E-state index < -0.39 is 0 Å². The zero-order valence-electron chi connectivity index (χ0n) is 22.5. The van der Waals surface area contributed by atoms with Crippen molar-refractivity contribution in [3.63, 3.8) is 0 Å². The van der Waals surface area contributed by atoms with Gasteiger partial charge < -0.3 is 0 Å². The van der Waals surface area contributed by atoms with E-state index in [0.29, 0.717) is 0 Å². The van der Waals surface area contributed by atoms with E-state index in [1.54, 1.807) is 0 Å². The quantitative estimate of drug-likeness (QED) is 0.204. The molecule has 0 spiro atoms. The molecule has 0 amide bonds. The zero-order chi connectivity index (χ0) is 27.6. The first-order valence-electron chi connectivity index (χ1n) is 14.1. The smallest absolute Gasteiger partial charge is 0.147 e.